The molecule has 0 N–H and O–H groups in total. The third-order valence-corrected chi connectivity index (χ3v) is 2.71. The molecule has 0 aliphatic carbocycles. The van der Waals surface area contributed by atoms with Crippen LogP contribution in [-0.4, -0.2) is 4.57 Å². The second-order valence-corrected chi connectivity index (χ2v) is 4.30. The summed E-state index contributed by atoms with van der Waals surface area (Å²) in [6.45, 7) is 4.13. The zero-order valence-electron chi connectivity index (χ0n) is 9.85. The maximum atomic E-state index is 12.8. The van der Waals surface area contributed by atoms with E-state index in [9.17, 15) is 9.18 Å². The topological polar surface area (TPSA) is 22.0 Å². The van der Waals surface area contributed by atoms with Crippen LogP contribution in [0, 0.1) is 5.82 Å². The Morgan fingerprint density at radius 3 is 2.29 bits per heavy atom. The molecule has 2 rings (SSSR count). The lowest BCUT2D eigenvalue weighted by molar-refractivity contribution is 0.627. The number of benzene rings is 1. The van der Waals surface area contributed by atoms with Crippen LogP contribution in [0.2, 0.25) is 0 Å². The van der Waals surface area contributed by atoms with Gasteiger partial charge in [-0.05, 0) is 35.7 Å². The maximum absolute atomic E-state index is 12.8. The lowest BCUT2D eigenvalue weighted by atomic mass is 10.1. The fourth-order valence-corrected chi connectivity index (χ4v) is 1.65. The molecule has 0 saturated carbocycles. The zero-order valence-corrected chi connectivity index (χ0v) is 9.85. The van der Waals surface area contributed by atoms with E-state index in [-0.39, 0.29) is 11.4 Å². The Hall–Kier alpha value is -1.90. The molecule has 0 saturated heterocycles. The molecule has 1 aromatic carbocycles. The molecule has 0 aliphatic heterocycles. The van der Waals surface area contributed by atoms with Crippen molar-refractivity contribution < 1.29 is 4.39 Å². The van der Waals surface area contributed by atoms with Gasteiger partial charge >= 0.3 is 0 Å². The summed E-state index contributed by atoms with van der Waals surface area (Å²) in [5.41, 5.74) is 1.65. The predicted molar refractivity (Wildman–Crippen MR) is 66.1 cm³/mol. The van der Waals surface area contributed by atoms with Gasteiger partial charge in [-0.2, -0.15) is 0 Å². The Morgan fingerprint density at radius 2 is 1.71 bits per heavy atom. The van der Waals surface area contributed by atoms with Crippen molar-refractivity contribution in [3.05, 3.63) is 64.3 Å². The second kappa shape index (κ2) is 4.53. The Balaban J connectivity index is 2.54. The summed E-state index contributed by atoms with van der Waals surface area (Å²) in [5, 5.41) is 0. The van der Waals surface area contributed by atoms with E-state index < -0.39 is 0 Å². The number of pyridine rings is 1. The Morgan fingerprint density at radius 1 is 1.06 bits per heavy atom. The van der Waals surface area contributed by atoms with Crippen LogP contribution in [0.5, 0.6) is 0 Å². The summed E-state index contributed by atoms with van der Waals surface area (Å²) in [6, 6.07) is 9.26. The fraction of sp³-hybridized carbons (Fsp3) is 0.214. The van der Waals surface area contributed by atoms with Gasteiger partial charge in [-0.3, -0.25) is 9.36 Å². The Kier molecular flexibility index (Phi) is 3.09. The predicted octanol–water partition coefficient (Wildman–Crippen LogP) is 3.10. The SMILES string of the molecule is CC(C)c1ccc(=O)n(-c2ccc(F)cc2)c1. The van der Waals surface area contributed by atoms with E-state index in [0.29, 0.717) is 11.6 Å². The van der Waals surface area contributed by atoms with Crippen molar-refractivity contribution in [2.75, 3.05) is 0 Å². The van der Waals surface area contributed by atoms with Gasteiger partial charge in [0.05, 0.1) is 0 Å². The Labute approximate surface area is 99.3 Å². The van der Waals surface area contributed by atoms with E-state index in [1.807, 2.05) is 6.07 Å². The van der Waals surface area contributed by atoms with Gasteiger partial charge in [-0.25, -0.2) is 4.39 Å². The first kappa shape index (κ1) is 11.6. The monoisotopic (exact) mass is 231 g/mol. The number of aromatic nitrogens is 1. The molecule has 0 aliphatic rings. The van der Waals surface area contributed by atoms with E-state index in [2.05, 4.69) is 13.8 Å². The number of hydrogen-bond acceptors (Lipinski definition) is 1. The molecule has 2 aromatic rings. The summed E-state index contributed by atoms with van der Waals surface area (Å²) in [4.78, 5) is 11.7. The highest BCUT2D eigenvalue weighted by molar-refractivity contribution is 5.33. The first-order valence-corrected chi connectivity index (χ1v) is 5.56. The van der Waals surface area contributed by atoms with Crippen LogP contribution in [0.1, 0.15) is 25.3 Å². The second-order valence-electron chi connectivity index (χ2n) is 4.30. The lowest BCUT2D eigenvalue weighted by Crippen LogP contribution is -2.17. The zero-order chi connectivity index (χ0) is 12.4. The van der Waals surface area contributed by atoms with Crippen molar-refractivity contribution in [2.45, 2.75) is 19.8 Å². The van der Waals surface area contributed by atoms with Crippen LogP contribution in [0.3, 0.4) is 0 Å². The third kappa shape index (κ3) is 2.44. The maximum Gasteiger partial charge on any atom is 0.255 e. The molecule has 1 heterocycles. The molecule has 0 amide bonds. The molecule has 88 valence electrons. The van der Waals surface area contributed by atoms with Crippen LogP contribution in [0.25, 0.3) is 5.69 Å². The smallest absolute Gasteiger partial charge is 0.255 e. The van der Waals surface area contributed by atoms with Crippen molar-refractivity contribution in [3.63, 3.8) is 0 Å². The minimum Gasteiger partial charge on any atom is -0.284 e. The van der Waals surface area contributed by atoms with Gasteiger partial charge in [0.1, 0.15) is 5.82 Å². The van der Waals surface area contributed by atoms with Gasteiger partial charge < -0.3 is 0 Å². The van der Waals surface area contributed by atoms with Crippen LogP contribution in [0.15, 0.2) is 47.4 Å². The molecular formula is C14H14FNO. The number of halogens is 1. The number of rotatable bonds is 2. The summed E-state index contributed by atoms with van der Waals surface area (Å²) in [6.07, 6.45) is 1.81. The van der Waals surface area contributed by atoms with Crippen molar-refractivity contribution in [1.82, 2.24) is 4.57 Å². The molecule has 2 nitrogen and oxygen atoms in total. The summed E-state index contributed by atoms with van der Waals surface area (Å²) in [5.74, 6) is 0.0455. The highest BCUT2D eigenvalue weighted by atomic mass is 19.1. The van der Waals surface area contributed by atoms with Crippen LogP contribution in [-0.2, 0) is 0 Å². The molecule has 0 unspecified atom stereocenters. The van der Waals surface area contributed by atoms with E-state index in [1.165, 1.54) is 16.7 Å². The molecule has 0 radical (unpaired) electrons. The largest absolute Gasteiger partial charge is 0.284 e. The van der Waals surface area contributed by atoms with Crippen LogP contribution >= 0.6 is 0 Å². The quantitative estimate of drug-likeness (QED) is 0.778. The molecule has 0 spiro atoms. The normalized spacial score (nSPS) is 10.8. The van der Waals surface area contributed by atoms with E-state index in [0.717, 1.165) is 5.56 Å². The average Bonchev–Trinajstić information content (AvgIpc) is 2.31. The fourth-order valence-electron chi connectivity index (χ4n) is 1.65. The summed E-state index contributed by atoms with van der Waals surface area (Å²) < 4.78 is 14.4. The minimum atomic E-state index is -0.304. The molecule has 3 heteroatoms. The molecule has 0 fully saturated rings. The molecular weight excluding hydrogens is 217 g/mol. The van der Waals surface area contributed by atoms with Crippen molar-refractivity contribution in [1.29, 1.82) is 0 Å². The molecule has 0 bridgehead atoms. The van der Waals surface area contributed by atoms with Crippen molar-refractivity contribution in [3.8, 4) is 5.69 Å². The van der Waals surface area contributed by atoms with Gasteiger partial charge in [-0.1, -0.05) is 19.9 Å². The highest BCUT2D eigenvalue weighted by Gasteiger charge is 2.04. The summed E-state index contributed by atoms with van der Waals surface area (Å²) >= 11 is 0. The number of hydrogen-bond donors (Lipinski definition) is 0. The highest BCUT2D eigenvalue weighted by Crippen LogP contribution is 2.14. The average molecular weight is 231 g/mol. The van der Waals surface area contributed by atoms with E-state index in [4.69, 9.17) is 0 Å². The van der Waals surface area contributed by atoms with Crippen molar-refractivity contribution in [2.24, 2.45) is 0 Å². The van der Waals surface area contributed by atoms with Gasteiger partial charge in [0, 0.05) is 18.0 Å². The summed E-state index contributed by atoms with van der Waals surface area (Å²) in [7, 11) is 0. The van der Waals surface area contributed by atoms with Gasteiger partial charge in [0.15, 0.2) is 0 Å². The third-order valence-electron chi connectivity index (χ3n) is 2.71. The minimum absolute atomic E-state index is 0.110. The van der Waals surface area contributed by atoms with E-state index in [1.54, 1.807) is 24.4 Å². The van der Waals surface area contributed by atoms with Crippen molar-refractivity contribution >= 4 is 0 Å². The van der Waals surface area contributed by atoms with Crippen LogP contribution < -0.4 is 5.56 Å². The molecule has 0 atom stereocenters. The van der Waals surface area contributed by atoms with Gasteiger partial charge in [0.25, 0.3) is 5.56 Å². The van der Waals surface area contributed by atoms with Gasteiger partial charge in [-0.15, -0.1) is 0 Å². The first-order chi connectivity index (χ1) is 8.08. The molecule has 1 aromatic heterocycles. The number of nitrogens with zero attached hydrogens (tertiary/aromatic N) is 1. The standard InChI is InChI=1S/C14H14FNO/c1-10(2)11-3-8-14(17)16(9-11)13-6-4-12(15)5-7-13/h3-10H,1-2H3. The van der Waals surface area contributed by atoms with Gasteiger partial charge in [0.2, 0.25) is 0 Å². The Bertz CT molecular complexity index is 570. The molecule has 17 heavy (non-hydrogen) atoms. The van der Waals surface area contributed by atoms with E-state index >= 15 is 0 Å². The lowest BCUT2D eigenvalue weighted by Gasteiger charge is -2.10. The first-order valence-electron chi connectivity index (χ1n) is 5.56. The van der Waals surface area contributed by atoms with Crippen LogP contribution in [0.4, 0.5) is 4.39 Å².